The van der Waals surface area contributed by atoms with Crippen LogP contribution in [-0.2, 0) is 29.3 Å². The molecule has 0 spiro atoms. The zero-order chi connectivity index (χ0) is 28.4. The van der Waals surface area contributed by atoms with Gasteiger partial charge in [-0.05, 0) is 52.1 Å². The number of rotatable bonds is 7. The van der Waals surface area contributed by atoms with E-state index >= 15 is 0 Å². The highest BCUT2D eigenvalue weighted by Crippen LogP contribution is 2.40. The van der Waals surface area contributed by atoms with E-state index in [1.165, 1.54) is 21.5 Å². The molecular weight excluding hydrogens is 545 g/mol. The summed E-state index contributed by atoms with van der Waals surface area (Å²) < 4.78 is 47.2. The van der Waals surface area contributed by atoms with Crippen LogP contribution in [0.2, 0.25) is 0 Å². The summed E-state index contributed by atoms with van der Waals surface area (Å²) in [6, 6.07) is 12.6. The molecule has 5 rings (SSSR count). The second kappa shape index (κ2) is 11.7. The van der Waals surface area contributed by atoms with Gasteiger partial charge in [0.05, 0.1) is 5.56 Å². The highest BCUT2D eigenvalue weighted by Gasteiger charge is 2.40. The highest BCUT2D eigenvalue weighted by atomic mass is 32.2. The number of piperazine rings is 1. The fraction of sp³-hybridized carbons (Fsp3) is 0.429. The lowest BCUT2D eigenvalue weighted by Gasteiger charge is -2.36. The van der Waals surface area contributed by atoms with Gasteiger partial charge in [-0.3, -0.25) is 24.6 Å². The molecule has 40 heavy (non-hydrogen) atoms. The van der Waals surface area contributed by atoms with Crippen molar-refractivity contribution in [3.05, 3.63) is 64.7 Å². The van der Waals surface area contributed by atoms with Crippen molar-refractivity contribution in [2.24, 2.45) is 0 Å². The molecule has 2 fully saturated rings. The van der Waals surface area contributed by atoms with Crippen molar-refractivity contribution in [2.75, 3.05) is 26.2 Å². The smallest absolute Gasteiger partial charge is 0.449 e. The van der Waals surface area contributed by atoms with Crippen molar-refractivity contribution in [3.63, 3.8) is 0 Å². The number of benzene rings is 2. The number of amides is 3. The van der Waals surface area contributed by atoms with E-state index < -0.39 is 28.1 Å². The summed E-state index contributed by atoms with van der Waals surface area (Å²) in [5.41, 5.74) is -1.04. The van der Waals surface area contributed by atoms with E-state index in [1.54, 1.807) is 6.07 Å². The predicted octanol–water partition coefficient (Wildman–Crippen LogP) is 3.67. The van der Waals surface area contributed by atoms with Crippen molar-refractivity contribution < 1.29 is 32.3 Å². The van der Waals surface area contributed by atoms with Crippen LogP contribution >= 0.6 is 10.7 Å². The van der Waals surface area contributed by atoms with E-state index in [2.05, 4.69) is 10.2 Å². The van der Waals surface area contributed by atoms with Crippen LogP contribution in [0.25, 0.3) is 0 Å². The molecule has 3 amide bonds. The first-order valence-corrected chi connectivity index (χ1v) is 14.4. The number of hydrogen-bond acceptors (Lipinski definition) is 6. The summed E-state index contributed by atoms with van der Waals surface area (Å²) in [6.45, 7) is 4.54. The van der Waals surface area contributed by atoms with Crippen LogP contribution in [-0.4, -0.2) is 74.9 Å². The third-order valence-corrected chi connectivity index (χ3v) is 9.25. The number of piperidine rings is 1. The summed E-state index contributed by atoms with van der Waals surface area (Å²) in [7, 11) is -1.81. The van der Waals surface area contributed by atoms with Gasteiger partial charge in [-0.15, -0.1) is 0 Å². The number of hydrogen-bond donors (Lipinski definition) is 1. The average Bonchev–Trinajstić information content (AvgIpc) is 3.25. The van der Waals surface area contributed by atoms with Gasteiger partial charge in [0.25, 0.3) is 5.91 Å². The van der Waals surface area contributed by atoms with Crippen molar-refractivity contribution in [1.29, 1.82) is 0 Å². The number of ether oxygens (including phenoxy) is 1. The minimum Gasteiger partial charge on any atom is -0.488 e. The van der Waals surface area contributed by atoms with Gasteiger partial charge in [-0.1, -0.05) is 36.4 Å². The quantitative estimate of drug-likeness (QED) is 0.400. The molecular formula is C28H31F3N4O4S. The largest absolute Gasteiger partial charge is 0.488 e. The molecule has 12 heteroatoms. The minimum atomic E-state index is -4.23. The fourth-order valence-electron chi connectivity index (χ4n) is 5.38. The second-order valence-electron chi connectivity index (χ2n) is 10.00. The normalized spacial score (nSPS) is 21.4. The van der Waals surface area contributed by atoms with Gasteiger partial charge in [-0.25, -0.2) is 4.31 Å². The molecule has 2 saturated heterocycles. The number of carbonyl (C=O) groups excluding carboxylic acids is 3. The third-order valence-electron chi connectivity index (χ3n) is 7.41. The van der Waals surface area contributed by atoms with Crippen molar-refractivity contribution in [2.45, 2.75) is 51.0 Å². The molecule has 3 aliphatic rings. The maximum atomic E-state index is 13.2. The Bertz CT molecular complexity index is 1320. The highest BCUT2D eigenvalue weighted by molar-refractivity contribution is 8.13. The molecule has 0 bridgehead atoms. The first-order chi connectivity index (χ1) is 19.1. The van der Waals surface area contributed by atoms with Gasteiger partial charge in [0.1, 0.15) is 18.4 Å². The number of nitrogens with zero attached hydrogens (tertiary/aromatic N) is 3. The number of fused-ring (bicyclic) bond motifs is 1. The van der Waals surface area contributed by atoms with E-state index in [0.29, 0.717) is 50.5 Å². The minimum absolute atomic E-state index is 0.197. The molecule has 8 nitrogen and oxygen atoms in total. The summed E-state index contributed by atoms with van der Waals surface area (Å²) in [5.74, 6) is -0.615. The summed E-state index contributed by atoms with van der Waals surface area (Å²) in [6.07, 6.45) is 0.497. The number of alkyl halides is 3. The molecule has 2 aromatic carbocycles. The van der Waals surface area contributed by atoms with Gasteiger partial charge >= 0.3 is 5.51 Å². The zero-order valence-corrected chi connectivity index (χ0v) is 22.9. The van der Waals surface area contributed by atoms with Crippen molar-refractivity contribution in [3.8, 4) is 5.75 Å². The van der Waals surface area contributed by atoms with Crippen LogP contribution in [0.15, 0.2) is 42.5 Å². The monoisotopic (exact) mass is 576 g/mol. The van der Waals surface area contributed by atoms with Crippen molar-refractivity contribution >= 4 is 33.8 Å². The second-order valence-corrected chi connectivity index (χ2v) is 12.1. The van der Waals surface area contributed by atoms with Crippen molar-refractivity contribution in [1.82, 2.24) is 19.4 Å². The first kappa shape index (κ1) is 28.3. The molecule has 214 valence electrons. The van der Waals surface area contributed by atoms with E-state index in [-0.39, 0.29) is 31.4 Å². The van der Waals surface area contributed by atoms with Crippen LogP contribution in [0.1, 0.15) is 46.8 Å². The van der Waals surface area contributed by atoms with E-state index in [4.69, 9.17) is 4.74 Å². The number of halogens is 3. The average molecular weight is 577 g/mol. The van der Waals surface area contributed by atoms with Gasteiger partial charge in [0.15, 0.2) is 0 Å². The lowest BCUT2D eigenvalue weighted by Crippen LogP contribution is -2.52. The zero-order valence-electron chi connectivity index (χ0n) is 22.1. The van der Waals surface area contributed by atoms with Crippen LogP contribution in [0.3, 0.4) is 0 Å². The van der Waals surface area contributed by atoms with E-state index in [9.17, 15) is 27.6 Å². The summed E-state index contributed by atoms with van der Waals surface area (Å²) in [5, 5.41) is 3.55. The molecule has 3 aliphatic heterocycles. The van der Waals surface area contributed by atoms with Crippen LogP contribution in [0.5, 0.6) is 5.75 Å². The van der Waals surface area contributed by atoms with Crippen LogP contribution in [0.4, 0.5) is 13.2 Å². The lowest BCUT2D eigenvalue weighted by molar-refractivity contribution is -0.136. The lowest BCUT2D eigenvalue weighted by atomic mass is 10.0. The predicted molar refractivity (Wildman–Crippen MR) is 145 cm³/mol. The van der Waals surface area contributed by atoms with Gasteiger partial charge < -0.3 is 9.64 Å². The molecule has 0 saturated carbocycles. The fourth-order valence-corrected chi connectivity index (χ4v) is 6.79. The number of imide groups is 1. The van der Waals surface area contributed by atoms with E-state index in [0.717, 1.165) is 16.7 Å². The molecule has 2 unspecified atom stereocenters. The molecule has 2 atom stereocenters. The Morgan fingerprint density at radius 1 is 1.02 bits per heavy atom. The molecule has 2 aromatic rings. The Labute approximate surface area is 233 Å². The Morgan fingerprint density at radius 2 is 1.73 bits per heavy atom. The summed E-state index contributed by atoms with van der Waals surface area (Å²) in [4.78, 5) is 40.7. The Morgan fingerprint density at radius 3 is 2.38 bits per heavy atom. The third kappa shape index (κ3) is 6.08. The standard InChI is InChI=1S/C28H31F3N4O4S/c1-2-40(28(29,30)31)34-14-12-33(13-15-34)16-19-6-8-20(9-7-19)18-39-23-5-3-4-21-17-35(27(38)25(21)23)22-10-11-24(36)32-26(22)37/h2-9,22H,10-18H2,1H3,(H,32,36,37). The molecule has 3 heterocycles. The van der Waals surface area contributed by atoms with E-state index in [1.807, 2.05) is 36.4 Å². The summed E-state index contributed by atoms with van der Waals surface area (Å²) >= 11 is 0. The van der Waals surface area contributed by atoms with Gasteiger partial charge in [0.2, 0.25) is 11.8 Å². The topological polar surface area (TPSA) is 82.2 Å². The molecule has 0 aliphatic carbocycles. The maximum absolute atomic E-state index is 13.2. The van der Waals surface area contributed by atoms with Crippen LogP contribution in [0, 0.1) is 0 Å². The Kier molecular flexibility index (Phi) is 8.29. The Hall–Kier alpha value is -3.22. The molecule has 0 radical (unpaired) electrons. The number of nitrogens with one attached hydrogen (secondary N) is 1. The van der Waals surface area contributed by atoms with Gasteiger partial charge in [-0.2, -0.15) is 13.2 Å². The number of carbonyl (C=O) groups is 3. The maximum Gasteiger partial charge on any atom is 0.449 e. The Balaban J connectivity index is 1.15. The van der Waals surface area contributed by atoms with Gasteiger partial charge in [0, 0.05) is 45.7 Å². The first-order valence-electron chi connectivity index (χ1n) is 13.2. The van der Waals surface area contributed by atoms with Crippen LogP contribution < -0.4 is 10.1 Å². The molecule has 1 N–H and O–H groups in total. The molecule has 0 aromatic heterocycles. The SMILES string of the molecule is C/C=S(/N1CCN(Cc2ccc(COc3cccc4c3C(=O)N(C3CCC(=O)NC3=O)C4)cc2)CC1)C(F)(F)F.